The Morgan fingerprint density at radius 1 is 1.08 bits per heavy atom. The number of imide groups is 1. The van der Waals surface area contributed by atoms with Gasteiger partial charge in [-0.05, 0) is 24.3 Å². The van der Waals surface area contributed by atoms with E-state index in [-0.39, 0.29) is 43.4 Å². The molecule has 7 heteroatoms. The van der Waals surface area contributed by atoms with E-state index in [1.807, 2.05) is 0 Å². The van der Waals surface area contributed by atoms with E-state index in [0.717, 1.165) is 12.1 Å². The quantitative estimate of drug-likeness (QED) is 0.790. The Kier molecular flexibility index (Phi) is 4.50. The molecule has 124 valence electrons. The summed E-state index contributed by atoms with van der Waals surface area (Å²) >= 11 is 0. The predicted octanol–water partition coefficient (Wildman–Crippen LogP) is 2.55. The number of ether oxygens (including phenoxy) is 1. The van der Waals surface area contributed by atoms with Gasteiger partial charge < -0.3 is 4.74 Å². The molecule has 0 spiro atoms. The number of carbonyl (C=O) groups excluding carboxylic acids is 2. The van der Waals surface area contributed by atoms with E-state index in [0.29, 0.717) is 11.4 Å². The van der Waals surface area contributed by atoms with Gasteiger partial charge in [0.15, 0.2) is 0 Å². The SMILES string of the molecule is O=C1CCC(=O)N1CCOc1ccc(-c2ccc(F)cc2F)nc1. The highest BCUT2D eigenvalue weighted by Crippen LogP contribution is 2.23. The summed E-state index contributed by atoms with van der Waals surface area (Å²) in [6.07, 6.45) is 1.91. The maximum atomic E-state index is 13.7. The molecule has 0 saturated carbocycles. The van der Waals surface area contributed by atoms with Crippen LogP contribution in [0.1, 0.15) is 12.8 Å². The van der Waals surface area contributed by atoms with E-state index in [1.165, 1.54) is 17.2 Å². The summed E-state index contributed by atoms with van der Waals surface area (Å²) in [5.41, 5.74) is 0.543. The fourth-order valence-corrected chi connectivity index (χ4v) is 2.45. The van der Waals surface area contributed by atoms with Gasteiger partial charge >= 0.3 is 0 Å². The molecule has 24 heavy (non-hydrogen) atoms. The Labute approximate surface area is 136 Å². The number of rotatable bonds is 5. The Balaban J connectivity index is 1.60. The van der Waals surface area contributed by atoms with E-state index < -0.39 is 11.6 Å². The van der Waals surface area contributed by atoms with Crippen LogP contribution in [-0.4, -0.2) is 34.8 Å². The van der Waals surface area contributed by atoms with Crippen LogP contribution in [0.3, 0.4) is 0 Å². The number of pyridine rings is 1. The third-order valence-corrected chi connectivity index (χ3v) is 3.68. The van der Waals surface area contributed by atoms with Crippen molar-refractivity contribution in [2.45, 2.75) is 12.8 Å². The van der Waals surface area contributed by atoms with Crippen molar-refractivity contribution in [2.24, 2.45) is 0 Å². The predicted molar refractivity (Wildman–Crippen MR) is 81.0 cm³/mol. The molecule has 5 nitrogen and oxygen atoms in total. The molecule has 2 amide bonds. The molecule has 1 aromatic heterocycles. The molecule has 1 saturated heterocycles. The number of aromatic nitrogens is 1. The van der Waals surface area contributed by atoms with Crippen LogP contribution in [0.5, 0.6) is 5.75 Å². The topological polar surface area (TPSA) is 59.5 Å². The molecule has 2 aromatic rings. The molecule has 0 radical (unpaired) electrons. The maximum Gasteiger partial charge on any atom is 0.229 e. The highest BCUT2D eigenvalue weighted by Gasteiger charge is 2.28. The molecule has 3 rings (SSSR count). The number of nitrogens with zero attached hydrogens (tertiary/aromatic N) is 2. The average Bonchev–Trinajstić information content (AvgIpc) is 2.88. The van der Waals surface area contributed by atoms with Crippen molar-refractivity contribution in [3.05, 3.63) is 48.2 Å². The number of hydrogen-bond donors (Lipinski definition) is 0. The van der Waals surface area contributed by atoms with Gasteiger partial charge in [0.2, 0.25) is 11.8 Å². The Morgan fingerprint density at radius 3 is 2.46 bits per heavy atom. The number of halogens is 2. The lowest BCUT2D eigenvalue weighted by atomic mass is 10.1. The van der Waals surface area contributed by atoms with E-state index in [4.69, 9.17) is 4.74 Å². The summed E-state index contributed by atoms with van der Waals surface area (Å²) in [5, 5.41) is 0. The summed E-state index contributed by atoms with van der Waals surface area (Å²) in [7, 11) is 0. The van der Waals surface area contributed by atoms with Gasteiger partial charge in [-0.2, -0.15) is 0 Å². The second kappa shape index (κ2) is 6.74. The van der Waals surface area contributed by atoms with Crippen LogP contribution >= 0.6 is 0 Å². The zero-order valence-corrected chi connectivity index (χ0v) is 12.7. The molecule has 1 aliphatic rings. The molecular formula is C17H14F2N2O3. The van der Waals surface area contributed by atoms with Crippen LogP contribution in [0.15, 0.2) is 36.5 Å². The van der Waals surface area contributed by atoms with Gasteiger partial charge in [0.05, 0.1) is 18.4 Å². The first kappa shape index (κ1) is 16.0. The maximum absolute atomic E-state index is 13.7. The monoisotopic (exact) mass is 332 g/mol. The Morgan fingerprint density at radius 2 is 1.83 bits per heavy atom. The van der Waals surface area contributed by atoms with E-state index in [1.54, 1.807) is 12.1 Å². The Hall–Kier alpha value is -2.83. The van der Waals surface area contributed by atoms with Gasteiger partial charge in [0, 0.05) is 24.5 Å². The first-order valence-corrected chi connectivity index (χ1v) is 7.42. The zero-order valence-electron chi connectivity index (χ0n) is 12.7. The molecule has 0 N–H and O–H groups in total. The standard InChI is InChI=1S/C17H14F2N2O3/c18-11-1-3-13(14(19)9-11)15-4-2-12(10-20-15)24-8-7-21-16(22)5-6-17(21)23/h1-4,9-10H,5-8H2. The van der Waals surface area contributed by atoms with E-state index in [2.05, 4.69) is 4.98 Å². The third kappa shape index (κ3) is 3.40. The van der Waals surface area contributed by atoms with Gasteiger partial charge in [-0.15, -0.1) is 0 Å². The van der Waals surface area contributed by atoms with Crippen LogP contribution in [0.4, 0.5) is 8.78 Å². The third-order valence-electron chi connectivity index (χ3n) is 3.68. The summed E-state index contributed by atoms with van der Waals surface area (Å²) < 4.78 is 32.1. The second-order valence-electron chi connectivity index (χ2n) is 5.29. The van der Waals surface area contributed by atoms with Gasteiger partial charge in [-0.1, -0.05) is 0 Å². The summed E-state index contributed by atoms with van der Waals surface area (Å²) in [4.78, 5) is 28.2. The number of carbonyl (C=O) groups is 2. The van der Waals surface area contributed by atoms with Gasteiger partial charge in [-0.3, -0.25) is 19.5 Å². The minimum atomic E-state index is -0.692. The van der Waals surface area contributed by atoms with Crippen molar-refractivity contribution >= 4 is 11.8 Å². The van der Waals surface area contributed by atoms with Crippen molar-refractivity contribution in [3.63, 3.8) is 0 Å². The highest BCUT2D eigenvalue weighted by molar-refractivity contribution is 6.01. The molecule has 1 fully saturated rings. The molecular weight excluding hydrogens is 318 g/mol. The number of likely N-dealkylation sites (tertiary alicyclic amines) is 1. The van der Waals surface area contributed by atoms with Crippen LogP contribution in [-0.2, 0) is 9.59 Å². The highest BCUT2D eigenvalue weighted by atomic mass is 19.1. The second-order valence-corrected chi connectivity index (χ2v) is 5.29. The Bertz CT molecular complexity index is 762. The van der Waals surface area contributed by atoms with Crippen molar-refractivity contribution in [3.8, 4) is 17.0 Å². The first-order valence-electron chi connectivity index (χ1n) is 7.42. The summed E-state index contributed by atoms with van der Waals surface area (Å²) in [6.45, 7) is 0.343. The van der Waals surface area contributed by atoms with Crippen molar-refractivity contribution < 1.29 is 23.1 Å². The normalized spacial score (nSPS) is 14.3. The summed E-state index contributed by atoms with van der Waals surface area (Å²) in [5.74, 6) is -1.29. The van der Waals surface area contributed by atoms with Crippen molar-refractivity contribution in [2.75, 3.05) is 13.2 Å². The zero-order chi connectivity index (χ0) is 17.1. The molecule has 0 atom stereocenters. The van der Waals surface area contributed by atoms with E-state index in [9.17, 15) is 18.4 Å². The average molecular weight is 332 g/mol. The lowest BCUT2D eigenvalue weighted by molar-refractivity contribution is -0.138. The van der Waals surface area contributed by atoms with Crippen molar-refractivity contribution in [1.82, 2.24) is 9.88 Å². The summed E-state index contributed by atoms with van der Waals surface area (Å²) in [6, 6.07) is 6.43. The lowest BCUT2D eigenvalue weighted by Gasteiger charge is -2.14. The minimum absolute atomic E-state index is 0.156. The molecule has 0 unspecified atom stereocenters. The van der Waals surface area contributed by atoms with Crippen LogP contribution < -0.4 is 4.74 Å². The number of hydrogen-bond acceptors (Lipinski definition) is 4. The van der Waals surface area contributed by atoms with E-state index >= 15 is 0 Å². The molecule has 0 bridgehead atoms. The fraction of sp³-hybridized carbons (Fsp3) is 0.235. The smallest absolute Gasteiger partial charge is 0.229 e. The minimum Gasteiger partial charge on any atom is -0.490 e. The van der Waals surface area contributed by atoms with Crippen LogP contribution in [0.25, 0.3) is 11.3 Å². The number of benzene rings is 1. The lowest BCUT2D eigenvalue weighted by Crippen LogP contribution is -2.33. The largest absolute Gasteiger partial charge is 0.490 e. The van der Waals surface area contributed by atoms with Gasteiger partial charge in [0.25, 0.3) is 0 Å². The molecule has 1 aromatic carbocycles. The van der Waals surface area contributed by atoms with Crippen molar-refractivity contribution in [1.29, 1.82) is 0 Å². The molecule has 0 aliphatic carbocycles. The van der Waals surface area contributed by atoms with Crippen LogP contribution in [0.2, 0.25) is 0 Å². The number of amides is 2. The fourth-order valence-electron chi connectivity index (χ4n) is 2.45. The molecule has 2 heterocycles. The van der Waals surface area contributed by atoms with Gasteiger partial charge in [-0.25, -0.2) is 8.78 Å². The van der Waals surface area contributed by atoms with Gasteiger partial charge in [0.1, 0.15) is 24.0 Å². The first-order chi connectivity index (χ1) is 11.5. The van der Waals surface area contributed by atoms with Crippen LogP contribution in [0, 0.1) is 11.6 Å². The molecule has 1 aliphatic heterocycles.